The molecule has 0 saturated carbocycles. The van der Waals surface area contributed by atoms with Crippen LogP contribution in [0.4, 0.5) is 0 Å². The zero-order chi connectivity index (χ0) is 109. The van der Waals surface area contributed by atoms with Crippen molar-refractivity contribution in [3.63, 3.8) is 0 Å². The average Bonchev–Trinajstić information content (AvgIpc) is 1.61. The smallest absolute Gasteiger partial charge is 0.335 e. The van der Waals surface area contributed by atoms with Crippen LogP contribution in [0.15, 0.2) is 108 Å². The summed E-state index contributed by atoms with van der Waals surface area (Å²) in [5.74, 6) is -0.983. The summed E-state index contributed by atoms with van der Waals surface area (Å²) in [6, 6.07) is 18.7. The van der Waals surface area contributed by atoms with Gasteiger partial charge >= 0.3 is 17.1 Å². The Hall–Kier alpha value is -6.30. The summed E-state index contributed by atoms with van der Waals surface area (Å²) in [6.07, 6.45) is -11.8. The van der Waals surface area contributed by atoms with Crippen LogP contribution in [-0.2, 0) is 143 Å². The predicted octanol–water partition coefficient (Wildman–Crippen LogP) is 10.3. The summed E-state index contributed by atoms with van der Waals surface area (Å²) < 4.78 is 170. The van der Waals surface area contributed by atoms with Gasteiger partial charge in [-0.2, -0.15) is 0 Å². The first-order chi connectivity index (χ1) is 68.5. The van der Waals surface area contributed by atoms with Crippen molar-refractivity contribution in [3.05, 3.63) is 181 Å². The molecule has 3 aliphatic rings. The lowest BCUT2D eigenvalue weighted by Gasteiger charge is -2.41. The molecule has 3 saturated heterocycles. The zero-order valence-electron chi connectivity index (χ0n) is 90.5. The van der Waals surface area contributed by atoms with Gasteiger partial charge in [0, 0.05) is 102 Å². The van der Waals surface area contributed by atoms with Crippen LogP contribution in [0, 0.1) is 27.3 Å². The second-order valence-electron chi connectivity index (χ2n) is 40.1. The monoisotopic (exact) mass is 2180 g/mol. The van der Waals surface area contributed by atoms with E-state index < -0.39 is 204 Å². The first-order valence-electron chi connectivity index (χ1n) is 49.2. The SMILES string of the molecule is CCOP(C)(=O)C[C@@H](O)[C@H]1O[C@@H](n2cc(C)c(=O)n(COCc3ccccc3)c2=O)[C@H](OCCOC)[C@@H]1O[Si](C)(C)C(C)(C)C.CCOP(C)(=O)C[C@@H](OCC(=O)CO)[C@H]1O[C@@H](n2cc(C)c(=O)n(COCc3ccccc3)c2=O)[C@H](OCCOC)[C@@H]1O[Si](C)(C)C(C)(C)C.[C-]#[N+]CCOP(O[C@H]1[C@@H](OCCOC)[C@H](n2cc(C)c(=O)[nH]c2=O)O[C@@H]1[C@@H](CP(C)(=O)OCC)OCC(=O)NCCN(C)C)N(C(C)C)C(C)C. The van der Waals surface area contributed by atoms with Crippen molar-refractivity contribution in [1.82, 2.24) is 42.7 Å². The number of hydrogen-bond donors (Lipinski definition) is 4. The molecule has 828 valence electrons. The van der Waals surface area contributed by atoms with Crippen LogP contribution >= 0.6 is 30.6 Å². The maximum Gasteiger partial charge on any atom is 0.335 e. The van der Waals surface area contributed by atoms with Crippen molar-refractivity contribution < 1.29 is 127 Å². The van der Waals surface area contributed by atoms with Crippen LogP contribution in [0.1, 0.15) is 137 Å². The molecule has 0 bridgehead atoms. The van der Waals surface area contributed by atoms with E-state index in [-0.39, 0.29) is 157 Å². The van der Waals surface area contributed by atoms with Gasteiger partial charge in [-0.15, -0.1) is 0 Å². The van der Waals surface area contributed by atoms with Crippen LogP contribution < -0.4 is 39.1 Å². The maximum absolute atomic E-state index is 14.1. The lowest BCUT2D eigenvalue weighted by molar-refractivity contribution is -0.136. The van der Waals surface area contributed by atoms with E-state index in [1.54, 1.807) is 48.7 Å². The number of H-pyrrole nitrogens is 1. The third-order valence-corrected chi connectivity index (χ3v) is 41.6. The fourth-order valence-electron chi connectivity index (χ4n) is 15.7. The Morgan fingerprint density at radius 3 is 1.35 bits per heavy atom. The summed E-state index contributed by atoms with van der Waals surface area (Å²) >= 11 is 0. The number of benzene rings is 2. The molecular weight excluding hydrogens is 2010 g/mol. The number of aromatic amines is 1. The number of Topliss-reactive ketones (excluding diaryl/α,β-unsaturated/α-hetero) is 1. The molecular formula is C97H164N10O33P4Si2. The number of aliphatic hydroxyl groups excluding tert-OH is 2. The number of amides is 1. The molecule has 146 heavy (non-hydrogen) atoms. The molecule has 0 radical (unpaired) electrons. The van der Waals surface area contributed by atoms with Crippen LogP contribution in [0.25, 0.3) is 4.85 Å². The van der Waals surface area contributed by atoms with Gasteiger partial charge in [-0.1, -0.05) is 102 Å². The number of likely N-dealkylation sites (N-methyl/N-ethyl adjacent to an activating group) is 1. The van der Waals surface area contributed by atoms with Crippen molar-refractivity contribution in [1.29, 1.82) is 0 Å². The van der Waals surface area contributed by atoms with Crippen molar-refractivity contribution in [3.8, 4) is 0 Å². The summed E-state index contributed by atoms with van der Waals surface area (Å²) in [7, 11) is -8.46. The van der Waals surface area contributed by atoms with E-state index in [0.29, 0.717) is 13.1 Å². The Balaban J connectivity index is 0.000000335. The number of nitrogens with zero attached hydrogens (tertiary/aromatic N) is 8. The highest BCUT2D eigenvalue weighted by Gasteiger charge is 2.59. The molecule has 2 aromatic carbocycles. The Labute approximate surface area is 861 Å². The summed E-state index contributed by atoms with van der Waals surface area (Å²) in [5.41, 5.74) is -1.11. The van der Waals surface area contributed by atoms with E-state index in [9.17, 15) is 62.3 Å². The number of aromatic nitrogens is 6. The summed E-state index contributed by atoms with van der Waals surface area (Å²) in [6.45, 7) is 51.3. The number of nitrogens with one attached hydrogen (secondary N) is 2. The molecule has 8 rings (SSSR count). The fraction of sp³-hybridized carbons (Fsp3) is 0.722. The van der Waals surface area contributed by atoms with Crippen LogP contribution in [0.3, 0.4) is 0 Å². The van der Waals surface area contributed by atoms with Crippen molar-refractivity contribution in [2.24, 2.45) is 0 Å². The first-order valence-corrected chi connectivity index (χ1v) is 62.9. The Morgan fingerprint density at radius 1 is 0.562 bits per heavy atom. The third-order valence-electron chi connectivity index (χ3n) is 25.0. The number of aliphatic hydroxyl groups is 2. The maximum atomic E-state index is 14.1. The quantitative estimate of drug-likeness (QED) is 0.0122. The first kappa shape index (κ1) is 128. The molecule has 0 spiro atoms. The Bertz CT molecular complexity index is 5420. The Morgan fingerprint density at radius 2 is 0.952 bits per heavy atom. The zero-order valence-corrected chi connectivity index (χ0v) is 96.1. The van der Waals surface area contributed by atoms with E-state index in [4.69, 9.17) is 99.6 Å². The third kappa shape index (κ3) is 38.5. The van der Waals surface area contributed by atoms with Gasteiger partial charge in [-0.3, -0.25) is 56.4 Å². The number of ether oxygens (including phenoxy) is 13. The van der Waals surface area contributed by atoms with E-state index in [0.717, 1.165) is 20.3 Å². The molecule has 3 aromatic heterocycles. The van der Waals surface area contributed by atoms with Crippen LogP contribution in [-0.4, -0.2) is 341 Å². The molecule has 43 nitrogen and oxygen atoms in total. The standard InChI is InChI=1S/C34H55N2O12PSi.C32H58N6O11P2.C31H51N2O10PSi/c1-10-46-49(7,41)22-27(45-21-26(38)19-37)28-29(48-50(8,9)34(3,4)5)30(44-17-16-42-6)32(47-28)35-18-24(2)31(39)36(33(35)40)23-43-20-25-14-12-11-13-15-25;1-12-47-51(11,42)21-25(45-20-26(39)34-13-15-36(8)9)27-28(49-50(46-16-14-33-7)38(22(2)3)23(4)5)29(44-18-17-43-10)31(48-27)37-19-24(6)30(40)35-32(37)41;1-10-41-44(7,37)20-24(34)25-26(43-45(8,9)31(3,4)5)27(40-17-16-38-6)29(42-25)32-18-22(2)28(35)33(30(32)36)21-39-19-23-14-12-11-13-15-23/h11-15,18,27-30,32,37H,10,16-17,19-23H2,1-9H3;19,22-23,25,27-29,31H,12-18,20-21H2,1-6,8-11H3,(H,34,39)(H,35,40,41);11-15,18,24-27,29,34H,10,16-17,19-21H2,1-9H3/t27-,28-,29-,30-,32-,49?;25-,27-,28-,29-,31-,50?,51?;24-,25-,26-,27-,29-,44?/m111/s1. The lowest BCUT2D eigenvalue weighted by atomic mass is 10.1. The molecule has 6 heterocycles. The van der Waals surface area contributed by atoms with Crippen molar-refractivity contribution in [2.45, 2.75) is 278 Å². The van der Waals surface area contributed by atoms with Crippen molar-refractivity contribution >= 4 is 59.0 Å². The summed E-state index contributed by atoms with van der Waals surface area (Å²) in [5, 5.41) is 23.3. The molecule has 3 aliphatic heterocycles. The minimum atomic E-state index is -3.33. The van der Waals surface area contributed by atoms with Gasteiger partial charge in [0.25, 0.3) is 25.2 Å². The minimum Gasteiger partial charge on any atom is -0.408 e. The molecule has 1 amide bonds. The number of methoxy groups -OCH3 is 3. The van der Waals surface area contributed by atoms with Gasteiger partial charge in [-0.25, -0.2) is 34.8 Å². The van der Waals surface area contributed by atoms with Gasteiger partial charge in [-0.05, 0) is 131 Å². The van der Waals surface area contributed by atoms with E-state index in [1.807, 2.05) is 112 Å². The van der Waals surface area contributed by atoms with Crippen LogP contribution in [0.5, 0.6) is 0 Å². The second kappa shape index (κ2) is 60.4. The number of aryl methyl sites for hydroxylation is 3. The van der Waals surface area contributed by atoms with Gasteiger partial charge in [0.1, 0.15) is 94.8 Å². The number of carbonyl (C=O) groups is 2. The normalized spacial score (nSPS) is 22.0. The summed E-state index contributed by atoms with van der Waals surface area (Å²) in [4.78, 5) is 113. The average molecular weight is 2180 g/mol. The van der Waals surface area contributed by atoms with Crippen molar-refractivity contribution in [2.75, 3.05) is 179 Å². The topological polar surface area (TPSA) is 476 Å². The fourth-order valence-corrected chi connectivity index (χ4v) is 24.9. The highest BCUT2D eigenvalue weighted by Crippen LogP contribution is 2.55. The second-order valence-corrected chi connectivity index (χ2v) is 58.9. The highest BCUT2D eigenvalue weighted by molar-refractivity contribution is 7.58. The molecule has 5 aromatic rings. The lowest BCUT2D eigenvalue weighted by Crippen LogP contribution is -2.53. The number of hydrogen-bond acceptors (Lipinski definition) is 35. The van der Waals surface area contributed by atoms with Crippen LogP contribution in [0.2, 0.25) is 36.3 Å². The van der Waals surface area contributed by atoms with E-state index in [2.05, 4.69) is 82.9 Å². The predicted molar refractivity (Wildman–Crippen MR) is 559 cm³/mol. The number of rotatable bonds is 60. The Kier molecular flexibility index (Phi) is 53.1. The highest BCUT2D eigenvalue weighted by atomic mass is 31.2. The molecule has 0 aliphatic carbocycles. The van der Waals surface area contributed by atoms with E-state index >= 15 is 0 Å². The van der Waals surface area contributed by atoms with Gasteiger partial charge < -0.3 is 118 Å². The molecule has 3 fully saturated rings. The van der Waals surface area contributed by atoms with E-state index in [1.165, 1.54) is 66.5 Å². The number of carbonyl (C=O) groups excluding carboxylic acids is 2. The van der Waals surface area contributed by atoms with Gasteiger partial charge in [0.05, 0.1) is 109 Å². The minimum absolute atomic E-state index is 0.0512. The molecule has 49 heteroatoms. The molecule has 4 N–H and O–H groups in total. The van der Waals surface area contributed by atoms with Gasteiger partial charge in [0.15, 0.2) is 41.1 Å². The molecule has 4 unspecified atom stereocenters. The largest absolute Gasteiger partial charge is 0.408 e. The van der Waals surface area contributed by atoms with Gasteiger partial charge in [0.2, 0.25) is 34.6 Å². The number of ketones is 1. The molecule has 19 atom stereocenters.